The van der Waals surface area contributed by atoms with Crippen molar-refractivity contribution in [3.8, 4) is 0 Å². The Hall–Kier alpha value is -2.05. The Morgan fingerprint density at radius 3 is 2.00 bits per heavy atom. The molecule has 0 saturated heterocycles. The molecule has 5 aliphatic rings. The molecule has 3 unspecified atom stereocenters. The molecule has 0 radical (unpaired) electrons. The number of esters is 3. The van der Waals surface area contributed by atoms with Crippen LogP contribution >= 0.6 is 25.3 Å². The Labute approximate surface area is 314 Å². The van der Waals surface area contributed by atoms with Gasteiger partial charge in [0.1, 0.15) is 18.8 Å². The van der Waals surface area contributed by atoms with Crippen molar-refractivity contribution in [3.63, 3.8) is 0 Å². The van der Waals surface area contributed by atoms with E-state index in [0.717, 1.165) is 5.57 Å². The summed E-state index contributed by atoms with van der Waals surface area (Å²) in [6.07, 6.45) is 10.8. The summed E-state index contributed by atoms with van der Waals surface area (Å²) in [4.78, 5) is 37.9. The molecule has 0 aliphatic heterocycles. The van der Waals surface area contributed by atoms with E-state index in [-0.39, 0.29) is 31.5 Å². The lowest BCUT2D eigenvalue weighted by molar-refractivity contribution is -0.248. The summed E-state index contributed by atoms with van der Waals surface area (Å²) in [7, 11) is 0. The van der Waals surface area contributed by atoms with E-state index >= 15 is 0 Å². The van der Waals surface area contributed by atoms with Crippen molar-refractivity contribution < 1.29 is 43.9 Å². The smallest absolute Gasteiger partial charge is 0.330 e. The monoisotopic (exact) mass is 746 g/mol. The first-order valence-corrected chi connectivity index (χ1v) is 19.3. The number of carbonyl (C=O) groups is 3. The first-order valence-electron chi connectivity index (χ1n) is 18.4. The molecular formula is C40H58O9S2. The Kier molecular flexibility index (Phi) is 11.3. The molecule has 0 aromatic rings. The van der Waals surface area contributed by atoms with E-state index in [4.69, 9.17) is 39.5 Å². The van der Waals surface area contributed by atoms with Gasteiger partial charge in [-0.2, -0.15) is 25.3 Å². The molecule has 284 valence electrons. The van der Waals surface area contributed by atoms with Crippen molar-refractivity contribution >= 4 is 43.2 Å². The zero-order valence-electron chi connectivity index (χ0n) is 31.1. The molecule has 0 amide bonds. The number of allylic oxidation sites excluding steroid dienone is 5. The summed E-state index contributed by atoms with van der Waals surface area (Å²) in [6.45, 7) is 13.1. The summed E-state index contributed by atoms with van der Waals surface area (Å²) in [5.74, 6) is -2.15. The number of aliphatic hydroxyl groups is 3. The highest BCUT2D eigenvalue weighted by Crippen LogP contribution is 2.73. The SMILES string of the molecule is C/C=C/C(=O)OC[C@@]12C(CC(C)(C)[C@@H](OC(=O)/C=C/C)[C@@H]1O)C1=CCC3[C@@]4(S)CC[C@H](O)[C@](C)(COC(=O)/C=C/C)C4CC[C@@]3(S)[C@]1(C)C[C@H]2O. The first-order chi connectivity index (χ1) is 23.8. The van der Waals surface area contributed by atoms with E-state index in [1.165, 1.54) is 18.2 Å². The first kappa shape index (κ1) is 40.1. The Balaban J connectivity index is 1.58. The predicted molar refractivity (Wildman–Crippen MR) is 201 cm³/mol. The minimum atomic E-state index is -1.35. The van der Waals surface area contributed by atoms with Gasteiger partial charge in [-0.15, -0.1) is 0 Å². The van der Waals surface area contributed by atoms with Crippen molar-refractivity contribution in [2.75, 3.05) is 13.2 Å². The second-order valence-electron chi connectivity index (χ2n) is 16.9. The zero-order chi connectivity index (χ0) is 37.8. The van der Waals surface area contributed by atoms with E-state index in [1.54, 1.807) is 39.0 Å². The summed E-state index contributed by atoms with van der Waals surface area (Å²) >= 11 is 11.2. The summed E-state index contributed by atoms with van der Waals surface area (Å²) in [5.41, 5.74) is -2.34. The van der Waals surface area contributed by atoms with Crippen LogP contribution in [0.5, 0.6) is 0 Å². The molecule has 4 saturated carbocycles. The van der Waals surface area contributed by atoms with Crippen LogP contribution in [0.2, 0.25) is 0 Å². The zero-order valence-corrected chi connectivity index (χ0v) is 32.9. The van der Waals surface area contributed by atoms with Crippen LogP contribution < -0.4 is 0 Å². The number of rotatable bonds is 8. The molecule has 4 fully saturated rings. The number of hydrogen-bond acceptors (Lipinski definition) is 11. The molecule has 3 N–H and O–H groups in total. The number of carbonyl (C=O) groups excluding carboxylic acids is 3. The lowest BCUT2D eigenvalue weighted by atomic mass is 9.39. The van der Waals surface area contributed by atoms with Crippen LogP contribution in [0.1, 0.15) is 93.4 Å². The normalized spacial score (nSPS) is 44.5. The molecule has 9 nitrogen and oxygen atoms in total. The lowest BCUT2D eigenvalue weighted by Crippen LogP contribution is -2.74. The second-order valence-corrected chi connectivity index (χ2v) is 18.6. The Bertz CT molecular complexity index is 1500. The average molecular weight is 747 g/mol. The molecule has 0 spiro atoms. The highest BCUT2D eigenvalue weighted by atomic mass is 32.1. The van der Waals surface area contributed by atoms with Gasteiger partial charge in [0.25, 0.3) is 0 Å². The maximum absolute atomic E-state index is 12.8. The van der Waals surface area contributed by atoms with E-state index in [2.05, 4.69) is 13.0 Å². The van der Waals surface area contributed by atoms with Gasteiger partial charge < -0.3 is 29.5 Å². The van der Waals surface area contributed by atoms with Crippen molar-refractivity contribution in [1.29, 1.82) is 0 Å². The van der Waals surface area contributed by atoms with E-state index < -0.39 is 79.4 Å². The third-order valence-corrected chi connectivity index (χ3v) is 15.7. The average Bonchev–Trinajstić information content (AvgIpc) is 3.04. The van der Waals surface area contributed by atoms with Gasteiger partial charge in [-0.1, -0.05) is 57.6 Å². The number of fused-ring (bicyclic) bond motifs is 7. The molecule has 0 heterocycles. The van der Waals surface area contributed by atoms with E-state index in [9.17, 15) is 29.7 Å². The fourth-order valence-corrected chi connectivity index (χ4v) is 12.8. The number of hydrogen-bond donors (Lipinski definition) is 5. The van der Waals surface area contributed by atoms with Gasteiger partial charge in [0.15, 0.2) is 0 Å². The van der Waals surface area contributed by atoms with E-state index in [1.807, 2.05) is 20.8 Å². The molecule has 5 aliphatic carbocycles. The van der Waals surface area contributed by atoms with Crippen molar-refractivity contribution in [2.24, 2.45) is 39.4 Å². The van der Waals surface area contributed by atoms with Gasteiger partial charge in [-0.25, -0.2) is 14.4 Å². The van der Waals surface area contributed by atoms with Crippen LogP contribution in [0.15, 0.2) is 48.1 Å². The molecule has 11 heteroatoms. The van der Waals surface area contributed by atoms with Gasteiger partial charge in [0, 0.05) is 44.0 Å². The third-order valence-electron chi connectivity index (χ3n) is 13.9. The largest absolute Gasteiger partial charge is 0.462 e. The summed E-state index contributed by atoms with van der Waals surface area (Å²) in [5, 5.41) is 36.3. The van der Waals surface area contributed by atoms with Gasteiger partial charge >= 0.3 is 17.9 Å². The number of aliphatic hydroxyl groups excluding tert-OH is 3. The van der Waals surface area contributed by atoms with Gasteiger partial charge in [-0.05, 0) is 83.5 Å². The topological polar surface area (TPSA) is 140 Å². The molecular weight excluding hydrogens is 689 g/mol. The molecule has 0 aromatic heterocycles. The maximum atomic E-state index is 12.8. The lowest BCUT2D eigenvalue weighted by Gasteiger charge is -2.71. The molecule has 5 rings (SSSR count). The molecule has 51 heavy (non-hydrogen) atoms. The molecule has 0 aromatic carbocycles. The highest BCUT2D eigenvalue weighted by molar-refractivity contribution is 7.83. The second kappa shape index (κ2) is 14.3. The van der Waals surface area contributed by atoms with Crippen LogP contribution in [0.4, 0.5) is 0 Å². The third kappa shape index (κ3) is 6.28. The maximum Gasteiger partial charge on any atom is 0.330 e. The summed E-state index contributed by atoms with van der Waals surface area (Å²) < 4.78 is 16.2. The number of thiol groups is 2. The van der Waals surface area contributed by atoms with Crippen LogP contribution in [-0.2, 0) is 28.6 Å². The van der Waals surface area contributed by atoms with Crippen LogP contribution in [0.3, 0.4) is 0 Å². The van der Waals surface area contributed by atoms with Crippen LogP contribution in [0.25, 0.3) is 0 Å². The predicted octanol–water partition coefficient (Wildman–Crippen LogP) is 5.73. The molecule has 12 atom stereocenters. The fourth-order valence-electron chi connectivity index (χ4n) is 11.2. The number of ether oxygens (including phenoxy) is 3. The van der Waals surface area contributed by atoms with E-state index in [0.29, 0.717) is 38.5 Å². The van der Waals surface area contributed by atoms with Crippen molar-refractivity contribution in [2.45, 2.75) is 127 Å². The standard InChI is InChI=1S/C40H58O9S2/c1-8-11-30(43)47-22-36(6)26-16-19-40(51)27(39(26,50)18-17-28(36)41)15-14-24-25-20-35(4,5)34(49-32(45)13-10-3)33(46)38(25,23-48-31(44)12-9-2)29(42)21-37(24,40)7/h8-14,25-29,33-34,41-42,46,50-51H,15-23H2,1-7H3/b11-8+,12-9+,13-10+/t25?,26?,27?,28-,29+,33-,34-,36+,37+,38-,39+,40-/m0/s1. The van der Waals surface area contributed by atoms with Crippen molar-refractivity contribution in [1.82, 2.24) is 0 Å². The minimum absolute atomic E-state index is 0.0505. The quantitative estimate of drug-likeness (QED) is 0.0693. The van der Waals surface area contributed by atoms with Gasteiger partial charge in [0.2, 0.25) is 0 Å². The van der Waals surface area contributed by atoms with Gasteiger partial charge in [0.05, 0.1) is 24.2 Å². The minimum Gasteiger partial charge on any atom is -0.462 e. The molecule has 0 bridgehead atoms. The van der Waals surface area contributed by atoms with Gasteiger partial charge in [-0.3, -0.25) is 0 Å². The highest BCUT2D eigenvalue weighted by Gasteiger charge is 2.74. The van der Waals surface area contributed by atoms with Crippen LogP contribution in [-0.4, -0.2) is 80.4 Å². The fraction of sp³-hybridized carbons (Fsp3) is 0.725. The summed E-state index contributed by atoms with van der Waals surface area (Å²) in [6, 6.07) is 0. The Morgan fingerprint density at radius 2 is 1.39 bits per heavy atom. The Morgan fingerprint density at radius 1 is 0.804 bits per heavy atom. The van der Waals surface area contributed by atoms with Crippen LogP contribution in [0, 0.1) is 39.4 Å². The van der Waals surface area contributed by atoms with Crippen molar-refractivity contribution in [3.05, 3.63) is 48.1 Å².